The molecule has 4 heteroatoms. The monoisotopic (exact) mass is 226 g/mol. The largest absolute Gasteiger partial charge is 0.298 e. The van der Waals surface area contributed by atoms with Gasteiger partial charge in [-0.15, -0.1) is 11.8 Å². The van der Waals surface area contributed by atoms with Crippen molar-refractivity contribution in [2.45, 2.75) is 38.0 Å². The number of hydrogen-bond acceptors (Lipinski definition) is 3. The van der Waals surface area contributed by atoms with E-state index in [4.69, 9.17) is 0 Å². The van der Waals surface area contributed by atoms with Gasteiger partial charge in [0.05, 0.1) is 11.3 Å². The number of aldehydes is 1. The lowest BCUT2D eigenvalue weighted by Gasteiger charge is -2.15. The van der Waals surface area contributed by atoms with E-state index in [-0.39, 0.29) is 0 Å². The van der Waals surface area contributed by atoms with Gasteiger partial charge in [-0.3, -0.25) is 9.48 Å². The van der Waals surface area contributed by atoms with Gasteiger partial charge in [-0.1, -0.05) is 20.8 Å². The van der Waals surface area contributed by atoms with Crippen molar-refractivity contribution in [3.63, 3.8) is 0 Å². The molecule has 1 atom stereocenters. The molecule has 1 aromatic rings. The maximum Gasteiger partial charge on any atom is 0.154 e. The number of aromatic nitrogens is 2. The maximum atomic E-state index is 10.9. The van der Waals surface area contributed by atoms with E-state index in [1.807, 2.05) is 14.0 Å². The van der Waals surface area contributed by atoms with E-state index < -0.39 is 0 Å². The summed E-state index contributed by atoms with van der Waals surface area (Å²) in [5.41, 5.74) is 1.54. The Labute approximate surface area is 95.2 Å². The van der Waals surface area contributed by atoms with Crippen LogP contribution in [0, 0.1) is 12.8 Å². The van der Waals surface area contributed by atoms with Gasteiger partial charge >= 0.3 is 0 Å². The molecule has 0 aliphatic rings. The second-order valence-corrected chi connectivity index (χ2v) is 5.48. The molecular formula is C11H18N2OS. The van der Waals surface area contributed by atoms with Crippen molar-refractivity contribution in [2.24, 2.45) is 13.0 Å². The molecular weight excluding hydrogens is 208 g/mol. The topological polar surface area (TPSA) is 34.9 Å². The van der Waals surface area contributed by atoms with Crippen molar-refractivity contribution in [2.75, 3.05) is 0 Å². The van der Waals surface area contributed by atoms with Crippen molar-refractivity contribution < 1.29 is 4.79 Å². The molecule has 1 aromatic heterocycles. The fourth-order valence-electron chi connectivity index (χ4n) is 1.24. The summed E-state index contributed by atoms with van der Waals surface area (Å²) in [5, 5.41) is 5.72. The predicted molar refractivity (Wildman–Crippen MR) is 63.5 cm³/mol. The first-order valence-corrected chi connectivity index (χ1v) is 6.00. The first-order valence-electron chi connectivity index (χ1n) is 5.12. The highest BCUT2D eigenvalue weighted by Crippen LogP contribution is 2.30. The van der Waals surface area contributed by atoms with Crippen LogP contribution in [-0.2, 0) is 7.05 Å². The van der Waals surface area contributed by atoms with Crippen LogP contribution in [0.2, 0.25) is 0 Å². The number of carbonyl (C=O) groups excluding carboxylic acids is 1. The molecule has 15 heavy (non-hydrogen) atoms. The van der Waals surface area contributed by atoms with Crippen LogP contribution in [0.3, 0.4) is 0 Å². The standard InChI is InChI=1S/C11H18N2OS/c1-7(2)9(4)15-11-10(6-14)8(3)12-13(11)5/h6-7,9H,1-5H3. The first-order chi connectivity index (χ1) is 6.97. The number of thioether (sulfide) groups is 1. The molecule has 0 fully saturated rings. The van der Waals surface area contributed by atoms with E-state index in [2.05, 4.69) is 25.9 Å². The van der Waals surface area contributed by atoms with E-state index in [1.54, 1.807) is 16.4 Å². The minimum absolute atomic E-state index is 0.485. The Morgan fingerprint density at radius 3 is 2.47 bits per heavy atom. The van der Waals surface area contributed by atoms with Gasteiger partial charge in [0.15, 0.2) is 6.29 Å². The van der Waals surface area contributed by atoms with E-state index in [0.717, 1.165) is 22.6 Å². The summed E-state index contributed by atoms with van der Waals surface area (Å²) in [6.45, 7) is 8.41. The van der Waals surface area contributed by atoms with Gasteiger partial charge in [0, 0.05) is 12.3 Å². The molecule has 84 valence electrons. The second-order valence-electron chi connectivity index (χ2n) is 4.11. The van der Waals surface area contributed by atoms with Gasteiger partial charge in [-0.25, -0.2) is 0 Å². The van der Waals surface area contributed by atoms with Crippen LogP contribution in [0.15, 0.2) is 5.03 Å². The number of rotatable bonds is 4. The van der Waals surface area contributed by atoms with Crippen molar-refractivity contribution in [1.29, 1.82) is 0 Å². The molecule has 0 aromatic carbocycles. The molecule has 1 unspecified atom stereocenters. The van der Waals surface area contributed by atoms with E-state index in [0.29, 0.717) is 11.2 Å². The Hall–Kier alpha value is -0.770. The van der Waals surface area contributed by atoms with Crippen LogP contribution >= 0.6 is 11.8 Å². The van der Waals surface area contributed by atoms with Crippen LogP contribution in [0.4, 0.5) is 0 Å². The number of hydrogen-bond donors (Lipinski definition) is 0. The summed E-state index contributed by atoms with van der Waals surface area (Å²) < 4.78 is 1.79. The van der Waals surface area contributed by atoms with Crippen LogP contribution in [0.1, 0.15) is 36.8 Å². The molecule has 0 spiro atoms. The van der Waals surface area contributed by atoms with Crippen LogP contribution in [0.25, 0.3) is 0 Å². The molecule has 0 N–H and O–H groups in total. The highest BCUT2D eigenvalue weighted by atomic mass is 32.2. The molecule has 0 aliphatic heterocycles. The highest BCUT2D eigenvalue weighted by molar-refractivity contribution is 7.99. The average Bonchev–Trinajstić information content (AvgIpc) is 2.41. The summed E-state index contributed by atoms with van der Waals surface area (Å²) >= 11 is 1.72. The Kier molecular flexibility index (Phi) is 3.97. The molecule has 0 saturated carbocycles. The fraction of sp³-hybridized carbons (Fsp3) is 0.636. The summed E-state index contributed by atoms with van der Waals surface area (Å²) in [7, 11) is 1.88. The van der Waals surface area contributed by atoms with E-state index >= 15 is 0 Å². The highest BCUT2D eigenvalue weighted by Gasteiger charge is 2.17. The zero-order valence-electron chi connectivity index (χ0n) is 9.94. The third kappa shape index (κ3) is 2.62. The lowest BCUT2D eigenvalue weighted by Crippen LogP contribution is -2.07. The van der Waals surface area contributed by atoms with Crippen molar-refractivity contribution in [3.8, 4) is 0 Å². The van der Waals surface area contributed by atoms with Crippen LogP contribution in [0.5, 0.6) is 0 Å². The van der Waals surface area contributed by atoms with Crippen molar-refractivity contribution in [3.05, 3.63) is 11.3 Å². The quantitative estimate of drug-likeness (QED) is 0.585. The Morgan fingerprint density at radius 2 is 2.00 bits per heavy atom. The fourth-order valence-corrected chi connectivity index (χ4v) is 2.38. The van der Waals surface area contributed by atoms with Gasteiger partial charge in [0.1, 0.15) is 5.03 Å². The number of aryl methyl sites for hydroxylation is 2. The molecule has 0 aliphatic carbocycles. The second kappa shape index (κ2) is 4.84. The smallest absolute Gasteiger partial charge is 0.154 e. The number of carbonyl (C=O) groups is 1. The summed E-state index contributed by atoms with van der Waals surface area (Å²) in [4.78, 5) is 10.9. The molecule has 0 saturated heterocycles. The number of nitrogens with zero attached hydrogens (tertiary/aromatic N) is 2. The molecule has 3 nitrogen and oxygen atoms in total. The molecule has 0 bridgehead atoms. The summed E-state index contributed by atoms with van der Waals surface area (Å²) in [6.07, 6.45) is 0.901. The molecule has 1 rings (SSSR count). The normalized spacial score (nSPS) is 13.2. The maximum absolute atomic E-state index is 10.9. The minimum atomic E-state index is 0.485. The zero-order valence-corrected chi connectivity index (χ0v) is 10.8. The van der Waals surface area contributed by atoms with Crippen molar-refractivity contribution in [1.82, 2.24) is 9.78 Å². The molecule has 0 radical (unpaired) electrons. The minimum Gasteiger partial charge on any atom is -0.298 e. The van der Waals surface area contributed by atoms with Crippen LogP contribution in [-0.4, -0.2) is 21.3 Å². The van der Waals surface area contributed by atoms with Gasteiger partial charge < -0.3 is 0 Å². The summed E-state index contributed by atoms with van der Waals surface area (Å²) in [6, 6.07) is 0. The van der Waals surface area contributed by atoms with Gasteiger partial charge in [-0.05, 0) is 12.8 Å². The lowest BCUT2D eigenvalue weighted by atomic mass is 10.2. The van der Waals surface area contributed by atoms with E-state index in [9.17, 15) is 4.79 Å². The molecule has 0 amide bonds. The van der Waals surface area contributed by atoms with Gasteiger partial charge in [0.25, 0.3) is 0 Å². The zero-order chi connectivity index (χ0) is 11.6. The SMILES string of the molecule is Cc1nn(C)c(SC(C)C(C)C)c1C=O. The van der Waals surface area contributed by atoms with Gasteiger partial charge in [0.2, 0.25) is 0 Å². The first kappa shape index (κ1) is 12.3. The van der Waals surface area contributed by atoms with E-state index in [1.165, 1.54) is 0 Å². The lowest BCUT2D eigenvalue weighted by molar-refractivity contribution is 0.112. The van der Waals surface area contributed by atoms with Crippen molar-refractivity contribution >= 4 is 18.0 Å². The van der Waals surface area contributed by atoms with Gasteiger partial charge in [-0.2, -0.15) is 5.10 Å². The third-order valence-corrected chi connectivity index (χ3v) is 4.19. The predicted octanol–water partition coefficient (Wildman–Crippen LogP) is 2.68. The third-order valence-electron chi connectivity index (χ3n) is 2.57. The molecule has 1 heterocycles. The summed E-state index contributed by atoms with van der Waals surface area (Å²) in [5.74, 6) is 0.588. The average molecular weight is 226 g/mol. The Bertz CT molecular complexity index is 358. The Morgan fingerprint density at radius 1 is 1.40 bits per heavy atom. The van der Waals surface area contributed by atoms with Crippen LogP contribution < -0.4 is 0 Å². The Balaban J connectivity index is 2.98.